The number of rotatable bonds is 4. The molecule has 0 aromatic carbocycles. The van der Waals surface area contributed by atoms with E-state index in [0.29, 0.717) is 25.5 Å². The third-order valence-corrected chi connectivity index (χ3v) is 3.53. The number of carboxylic acid groups (broad SMARTS) is 1. The van der Waals surface area contributed by atoms with E-state index in [4.69, 9.17) is 5.11 Å². The highest BCUT2D eigenvalue weighted by atomic mass is 16.4. The van der Waals surface area contributed by atoms with E-state index in [0.717, 1.165) is 12.8 Å². The second-order valence-electron chi connectivity index (χ2n) is 5.10. The average molecular weight is 281 g/mol. The summed E-state index contributed by atoms with van der Waals surface area (Å²) in [4.78, 5) is 30.2. The van der Waals surface area contributed by atoms with Crippen molar-refractivity contribution >= 4 is 12.0 Å². The molecule has 0 bridgehead atoms. The molecular formula is C12H19N5O3. The molecule has 0 radical (unpaired) electrons. The van der Waals surface area contributed by atoms with Gasteiger partial charge in [0.15, 0.2) is 0 Å². The Kier molecular flexibility index (Phi) is 4.54. The van der Waals surface area contributed by atoms with E-state index in [1.165, 1.54) is 6.33 Å². The lowest BCUT2D eigenvalue weighted by Gasteiger charge is -2.33. The summed E-state index contributed by atoms with van der Waals surface area (Å²) in [7, 11) is 1.72. The van der Waals surface area contributed by atoms with Gasteiger partial charge in [0.1, 0.15) is 12.2 Å². The summed E-state index contributed by atoms with van der Waals surface area (Å²) in [6.45, 7) is 1.60. The number of piperidine rings is 1. The zero-order valence-corrected chi connectivity index (χ0v) is 11.4. The Morgan fingerprint density at radius 2 is 2.20 bits per heavy atom. The van der Waals surface area contributed by atoms with Crippen molar-refractivity contribution in [3.8, 4) is 0 Å². The van der Waals surface area contributed by atoms with Gasteiger partial charge in [-0.25, -0.2) is 9.78 Å². The number of aliphatic carboxylic acids is 1. The number of nitrogens with one attached hydrogen (secondary N) is 1. The summed E-state index contributed by atoms with van der Waals surface area (Å²) >= 11 is 0. The molecule has 1 aliphatic heterocycles. The minimum absolute atomic E-state index is 0.0600. The minimum atomic E-state index is -0.766. The minimum Gasteiger partial charge on any atom is -0.481 e. The van der Waals surface area contributed by atoms with Crippen molar-refractivity contribution in [2.24, 2.45) is 5.92 Å². The summed E-state index contributed by atoms with van der Waals surface area (Å²) in [6, 6.07) is -0.0600. The Hall–Kier alpha value is -2.12. The van der Waals surface area contributed by atoms with Gasteiger partial charge < -0.3 is 14.9 Å². The number of nitrogens with zero attached hydrogens (tertiary/aromatic N) is 4. The van der Waals surface area contributed by atoms with Gasteiger partial charge in [0.25, 0.3) is 0 Å². The van der Waals surface area contributed by atoms with Crippen molar-refractivity contribution in [2.45, 2.75) is 25.8 Å². The highest BCUT2D eigenvalue weighted by molar-refractivity contribution is 5.74. The monoisotopic (exact) mass is 281 g/mol. The van der Waals surface area contributed by atoms with Crippen LogP contribution in [0.2, 0.25) is 0 Å². The van der Waals surface area contributed by atoms with Crippen molar-refractivity contribution in [3.05, 3.63) is 12.2 Å². The number of H-pyrrole nitrogens is 1. The second kappa shape index (κ2) is 6.36. The van der Waals surface area contributed by atoms with E-state index in [2.05, 4.69) is 15.2 Å². The summed E-state index contributed by atoms with van der Waals surface area (Å²) in [5, 5.41) is 15.2. The normalized spacial score (nSPS) is 16.1. The van der Waals surface area contributed by atoms with Crippen LogP contribution in [0.1, 0.15) is 25.1 Å². The topological polar surface area (TPSA) is 102 Å². The van der Waals surface area contributed by atoms with Crippen LogP contribution in [0.4, 0.5) is 4.79 Å². The molecule has 1 aromatic heterocycles. The fourth-order valence-corrected chi connectivity index (χ4v) is 2.42. The Bertz CT molecular complexity index is 454. The van der Waals surface area contributed by atoms with Crippen LogP contribution >= 0.6 is 0 Å². The van der Waals surface area contributed by atoms with Crippen LogP contribution in [0.25, 0.3) is 0 Å². The molecule has 0 saturated carbocycles. The maximum atomic E-state index is 12.2. The average Bonchev–Trinajstić information content (AvgIpc) is 2.91. The molecule has 110 valence electrons. The van der Waals surface area contributed by atoms with Crippen LogP contribution in [0, 0.1) is 5.92 Å². The first-order valence-electron chi connectivity index (χ1n) is 6.62. The van der Waals surface area contributed by atoms with Gasteiger partial charge in [-0.05, 0) is 18.8 Å². The van der Waals surface area contributed by atoms with Crippen LogP contribution in [-0.2, 0) is 11.3 Å². The SMILES string of the molecule is CN(Cc1ncn[nH]1)C(=O)N1CCC(CC(=O)O)CC1. The van der Waals surface area contributed by atoms with Crippen LogP contribution in [0.5, 0.6) is 0 Å². The molecule has 1 aliphatic rings. The predicted molar refractivity (Wildman–Crippen MR) is 69.8 cm³/mol. The fraction of sp³-hybridized carbons (Fsp3) is 0.667. The third kappa shape index (κ3) is 3.69. The molecule has 0 atom stereocenters. The first-order chi connectivity index (χ1) is 9.56. The lowest BCUT2D eigenvalue weighted by atomic mass is 9.94. The molecule has 0 aliphatic carbocycles. The van der Waals surface area contributed by atoms with Gasteiger partial charge in [-0.2, -0.15) is 5.10 Å². The van der Waals surface area contributed by atoms with Gasteiger partial charge in [-0.15, -0.1) is 0 Å². The Morgan fingerprint density at radius 1 is 1.50 bits per heavy atom. The van der Waals surface area contributed by atoms with Gasteiger partial charge in [-0.1, -0.05) is 0 Å². The number of amides is 2. The molecular weight excluding hydrogens is 262 g/mol. The molecule has 8 nitrogen and oxygen atoms in total. The van der Waals surface area contributed by atoms with E-state index in [-0.39, 0.29) is 18.4 Å². The van der Waals surface area contributed by atoms with E-state index >= 15 is 0 Å². The highest BCUT2D eigenvalue weighted by Crippen LogP contribution is 2.21. The van der Waals surface area contributed by atoms with Crippen LogP contribution in [-0.4, -0.2) is 62.2 Å². The molecule has 2 amide bonds. The number of hydrogen-bond donors (Lipinski definition) is 2. The fourth-order valence-electron chi connectivity index (χ4n) is 2.42. The smallest absolute Gasteiger partial charge is 0.320 e. The second-order valence-corrected chi connectivity index (χ2v) is 5.10. The standard InChI is InChI=1S/C12H19N5O3/c1-16(7-10-13-8-14-15-10)12(20)17-4-2-9(3-5-17)6-11(18)19/h8-9H,2-7H2,1H3,(H,18,19)(H,13,14,15). The number of carboxylic acids is 1. The summed E-state index contributed by atoms with van der Waals surface area (Å²) in [5.41, 5.74) is 0. The lowest BCUT2D eigenvalue weighted by molar-refractivity contribution is -0.138. The molecule has 2 rings (SSSR count). The maximum absolute atomic E-state index is 12.2. The van der Waals surface area contributed by atoms with Crippen molar-refractivity contribution in [1.82, 2.24) is 25.0 Å². The van der Waals surface area contributed by atoms with E-state index in [1.54, 1.807) is 16.8 Å². The van der Waals surface area contributed by atoms with E-state index in [1.807, 2.05) is 0 Å². The number of hydrogen-bond acceptors (Lipinski definition) is 4. The van der Waals surface area contributed by atoms with E-state index < -0.39 is 5.97 Å². The van der Waals surface area contributed by atoms with Gasteiger partial charge in [-0.3, -0.25) is 9.89 Å². The largest absolute Gasteiger partial charge is 0.481 e. The number of likely N-dealkylation sites (tertiary alicyclic amines) is 1. The van der Waals surface area contributed by atoms with Gasteiger partial charge in [0, 0.05) is 26.6 Å². The molecule has 20 heavy (non-hydrogen) atoms. The van der Waals surface area contributed by atoms with Crippen LogP contribution < -0.4 is 0 Å². The lowest BCUT2D eigenvalue weighted by Crippen LogP contribution is -2.45. The number of carbonyl (C=O) groups is 2. The molecule has 0 unspecified atom stereocenters. The van der Waals surface area contributed by atoms with Gasteiger partial charge in [0.05, 0.1) is 6.54 Å². The maximum Gasteiger partial charge on any atom is 0.320 e. The molecule has 2 N–H and O–H groups in total. The number of aromatic nitrogens is 3. The van der Waals surface area contributed by atoms with Crippen molar-refractivity contribution in [2.75, 3.05) is 20.1 Å². The predicted octanol–water partition coefficient (Wildman–Crippen LogP) is 0.543. The summed E-state index contributed by atoms with van der Waals surface area (Å²) in [5.74, 6) is 0.0509. The Morgan fingerprint density at radius 3 is 2.75 bits per heavy atom. The molecule has 8 heteroatoms. The van der Waals surface area contributed by atoms with Crippen LogP contribution in [0.3, 0.4) is 0 Å². The van der Waals surface area contributed by atoms with Gasteiger partial charge in [0.2, 0.25) is 0 Å². The molecule has 1 fully saturated rings. The van der Waals surface area contributed by atoms with E-state index in [9.17, 15) is 9.59 Å². The van der Waals surface area contributed by atoms with Crippen molar-refractivity contribution < 1.29 is 14.7 Å². The number of urea groups is 1. The molecule has 0 spiro atoms. The Balaban J connectivity index is 1.80. The quantitative estimate of drug-likeness (QED) is 0.838. The summed E-state index contributed by atoms with van der Waals surface area (Å²) < 4.78 is 0. The van der Waals surface area contributed by atoms with Crippen LogP contribution in [0.15, 0.2) is 6.33 Å². The zero-order chi connectivity index (χ0) is 14.5. The van der Waals surface area contributed by atoms with Crippen molar-refractivity contribution in [3.63, 3.8) is 0 Å². The summed E-state index contributed by atoms with van der Waals surface area (Å²) in [6.07, 6.45) is 3.09. The third-order valence-electron chi connectivity index (χ3n) is 3.53. The zero-order valence-electron chi connectivity index (χ0n) is 11.4. The van der Waals surface area contributed by atoms with Gasteiger partial charge >= 0.3 is 12.0 Å². The first-order valence-corrected chi connectivity index (χ1v) is 6.62. The molecule has 1 aromatic rings. The number of aromatic amines is 1. The first kappa shape index (κ1) is 14.3. The molecule has 2 heterocycles. The number of carbonyl (C=O) groups excluding carboxylic acids is 1. The Labute approximate surface area is 116 Å². The molecule has 1 saturated heterocycles. The highest BCUT2D eigenvalue weighted by Gasteiger charge is 2.26. The van der Waals surface area contributed by atoms with Crippen molar-refractivity contribution in [1.29, 1.82) is 0 Å².